The fourth-order valence-electron chi connectivity index (χ4n) is 0.970. The molecule has 5 nitrogen and oxygen atoms in total. The Balaban J connectivity index is 3.06. The zero-order valence-electron chi connectivity index (χ0n) is 8.44. The van der Waals surface area contributed by atoms with Crippen molar-refractivity contribution >= 4 is 11.6 Å². The van der Waals surface area contributed by atoms with Crippen molar-refractivity contribution in [3.05, 3.63) is 18.0 Å². The Labute approximate surface area is 82.5 Å². The van der Waals surface area contributed by atoms with Crippen LogP contribution in [0.3, 0.4) is 0 Å². The number of nitrogen functional groups attached to an aromatic ring is 1. The summed E-state index contributed by atoms with van der Waals surface area (Å²) in [5.74, 6) is 0.286. The number of nitrogens with two attached hydrogens (primary N) is 1. The molecule has 0 aliphatic carbocycles. The highest BCUT2D eigenvalue weighted by molar-refractivity contribution is 5.92. The maximum absolute atomic E-state index is 11.5. The fourth-order valence-corrected chi connectivity index (χ4v) is 0.970. The summed E-state index contributed by atoms with van der Waals surface area (Å²) in [5.41, 5.74) is 6.30. The van der Waals surface area contributed by atoms with Crippen LogP contribution in [-0.4, -0.2) is 37.0 Å². The van der Waals surface area contributed by atoms with E-state index in [0.717, 1.165) is 0 Å². The molecule has 76 valence electrons. The van der Waals surface area contributed by atoms with E-state index in [9.17, 15) is 4.79 Å². The Morgan fingerprint density at radius 2 is 2.21 bits per heavy atom. The minimum Gasteiger partial charge on any atom is -0.494 e. The van der Waals surface area contributed by atoms with Crippen molar-refractivity contribution < 1.29 is 9.53 Å². The van der Waals surface area contributed by atoms with E-state index in [1.807, 2.05) is 0 Å². The molecule has 0 saturated heterocycles. The number of carbonyl (C=O) groups excluding carboxylic acids is 1. The molecule has 5 heteroatoms. The highest BCUT2D eigenvalue weighted by atomic mass is 16.5. The average molecular weight is 195 g/mol. The number of hydrogen-bond acceptors (Lipinski definition) is 4. The molecule has 2 N–H and O–H groups in total. The zero-order valence-corrected chi connectivity index (χ0v) is 8.44. The molecule has 0 spiro atoms. The Hall–Kier alpha value is -1.78. The van der Waals surface area contributed by atoms with Crippen molar-refractivity contribution in [1.29, 1.82) is 0 Å². The SMILES string of the molecule is COc1cc(C(=O)N(C)C)ncc1N. The molecule has 0 fully saturated rings. The van der Waals surface area contributed by atoms with Gasteiger partial charge in [-0.3, -0.25) is 4.79 Å². The van der Waals surface area contributed by atoms with Gasteiger partial charge in [0.15, 0.2) is 0 Å². The lowest BCUT2D eigenvalue weighted by Crippen LogP contribution is -2.22. The molecule has 1 aromatic rings. The summed E-state index contributed by atoms with van der Waals surface area (Å²) < 4.78 is 4.98. The fraction of sp³-hybridized carbons (Fsp3) is 0.333. The number of methoxy groups -OCH3 is 1. The second-order valence-electron chi connectivity index (χ2n) is 3.01. The molecule has 1 rings (SSSR count). The summed E-state index contributed by atoms with van der Waals surface area (Å²) in [7, 11) is 4.81. The smallest absolute Gasteiger partial charge is 0.272 e. The minimum absolute atomic E-state index is 0.177. The van der Waals surface area contributed by atoms with Crippen molar-refractivity contribution in [2.45, 2.75) is 0 Å². The highest BCUT2D eigenvalue weighted by Gasteiger charge is 2.11. The van der Waals surface area contributed by atoms with Crippen LogP contribution in [0.25, 0.3) is 0 Å². The Kier molecular flexibility index (Phi) is 2.91. The first-order valence-electron chi connectivity index (χ1n) is 4.07. The van der Waals surface area contributed by atoms with E-state index in [4.69, 9.17) is 10.5 Å². The third kappa shape index (κ3) is 1.93. The van der Waals surface area contributed by atoms with Gasteiger partial charge in [0.05, 0.1) is 19.0 Å². The second kappa shape index (κ2) is 3.95. The first kappa shape index (κ1) is 10.3. The molecule has 0 aliphatic rings. The van der Waals surface area contributed by atoms with Gasteiger partial charge in [-0.05, 0) is 0 Å². The predicted octanol–water partition coefficient (Wildman–Crippen LogP) is 0.374. The molecular formula is C9H13N3O2. The molecule has 0 aliphatic heterocycles. The summed E-state index contributed by atoms with van der Waals surface area (Å²) in [5, 5.41) is 0. The standard InChI is InChI=1S/C9H13N3O2/c1-12(2)9(13)7-4-8(14-3)6(10)5-11-7/h4-5H,10H2,1-3H3. The molecule has 0 atom stereocenters. The molecule has 1 aromatic heterocycles. The van der Waals surface area contributed by atoms with Crippen molar-refractivity contribution in [3.8, 4) is 5.75 Å². The monoisotopic (exact) mass is 195 g/mol. The Bertz CT molecular complexity index is 350. The first-order valence-corrected chi connectivity index (χ1v) is 4.07. The highest BCUT2D eigenvalue weighted by Crippen LogP contribution is 2.20. The molecule has 0 radical (unpaired) electrons. The van der Waals surface area contributed by atoms with Crippen LogP contribution in [0.1, 0.15) is 10.5 Å². The van der Waals surface area contributed by atoms with Crippen LogP contribution < -0.4 is 10.5 Å². The Morgan fingerprint density at radius 1 is 1.57 bits per heavy atom. The van der Waals surface area contributed by atoms with Crippen molar-refractivity contribution in [3.63, 3.8) is 0 Å². The number of ether oxygens (including phenoxy) is 1. The van der Waals surface area contributed by atoms with Gasteiger partial charge >= 0.3 is 0 Å². The van der Waals surface area contributed by atoms with Crippen LogP contribution in [0.5, 0.6) is 5.75 Å². The van der Waals surface area contributed by atoms with Crippen LogP contribution >= 0.6 is 0 Å². The number of rotatable bonds is 2. The van der Waals surface area contributed by atoms with Crippen molar-refractivity contribution in [2.75, 3.05) is 26.9 Å². The number of hydrogen-bond donors (Lipinski definition) is 1. The van der Waals surface area contributed by atoms with Gasteiger partial charge in [-0.2, -0.15) is 0 Å². The molecule has 1 amide bonds. The second-order valence-corrected chi connectivity index (χ2v) is 3.01. The molecule has 14 heavy (non-hydrogen) atoms. The lowest BCUT2D eigenvalue weighted by Gasteiger charge is -2.10. The van der Waals surface area contributed by atoms with Gasteiger partial charge < -0.3 is 15.4 Å². The third-order valence-corrected chi connectivity index (χ3v) is 1.74. The summed E-state index contributed by atoms with van der Waals surface area (Å²) in [6.45, 7) is 0. The van der Waals surface area contributed by atoms with Gasteiger partial charge in [0.1, 0.15) is 11.4 Å². The van der Waals surface area contributed by atoms with E-state index in [0.29, 0.717) is 17.1 Å². The number of nitrogens with zero attached hydrogens (tertiary/aromatic N) is 2. The topological polar surface area (TPSA) is 68.5 Å². The third-order valence-electron chi connectivity index (χ3n) is 1.74. The first-order chi connectivity index (χ1) is 6.56. The summed E-state index contributed by atoms with van der Waals surface area (Å²) in [6, 6.07) is 1.53. The van der Waals surface area contributed by atoms with Gasteiger partial charge in [0, 0.05) is 20.2 Å². The molecular weight excluding hydrogens is 182 g/mol. The van der Waals surface area contributed by atoms with Crippen LogP contribution in [0.4, 0.5) is 5.69 Å². The summed E-state index contributed by atoms with van der Waals surface area (Å²) in [4.78, 5) is 16.8. The number of aromatic nitrogens is 1. The van der Waals surface area contributed by atoms with Crippen LogP contribution in [-0.2, 0) is 0 Å². The summed E-state index contributed by atoms with van der Waals surface area (Å²) in [6.07, 6.45) is 1.41. The van der Waals surface area contributed by atoms with E-state index < -0.39 is 0 Å². The van der Waals surface area contributed by atoms with Crippen molar-refractivity contribution in [2.24, 2.45) is 0 Å². The average Bonchev–Trinajstić information content (AvgIpc) is 2.17. The minimum atomic E-state index is -0.177. The van der Waals surface area contributed by atoms with Gasteiger partial charge in [-0.25, -0.2) is 4.98 Å². The van der Waals surface area contributed by atoms with Crippen LogP contribution in [0.15, 0.2) is 12.3 Å². The molecule has 0 bridgehead atoms. The van der Waals surface area contributed by atoms with Crippen LogP contribution in [0.2, 0.25) is 0 Å². The molecule has 1 heterocycles. The lowest BCUT2D eigenvalue weighted by atomic mass is 10.3. The van der Waals surface area contributed by atoms with Crippen molar-refractivity contribution in [1.82, 2.24) is 9.88 Å². The number of amides is 1. The largest absolute Gasteiger partial charge is 0.494 e. The lowest BCUT2D eigenvalue weighted by molar-refractivity contribution is 0.0821. The van der Waals surface area contributed by atoms with E-state index in [1.165, 1.54) is 24.3 Å². The van der Waals surface area contributed by atoms with E-state index >= 15 is 0 Å². The van der Waals surface area contributed by atoms with Gasteiger partial charge in [-0.1, -0.05) is 0 Å². The maximum atomic E-state index is 11.5. The predicted molar refractivity (Wildman–Crippen MR) is 53.2 cm³/mol. The molecule has 0 aromatic carbocycles. The number of carbonyl (C=O) groups is 1. The zero-order chi connectivity index (χ0) is 10.7. The van der Waals surface area contributed by atoms with E-state index in [-0.39, 0.29) is 5.91 Å². The van der Waals surface area contributed by atoms with Gasteiger partial charge in [-0.15, -0.1) is 0 Å². The number of anilines is 1. The summed E-state index contributed by atoms with van der Waals surface area (Å²) >= 11 is 0. The molecule has 0 saturated carbocycles. The van der Waals surface area contributed by atoms with Crippen LogP contribution in [0, 0.1) is 0 Å². The quantitative estimate of drug-likeness (QED) is 0.740. The van der Waals surface area contributed by atoms with Gasteiger partial charge in [0.2, 0.25) is 0 Å². The van der Waals surface area contributed by atoms with Gasteiger partial charge in [0.25, 0.3) is 5.91 Å². The van der Waals surface area contributed by atoms with E-state index in [1.54, 1.807) is 14.1 Å². The van der Waals surface area contributed by atoms with E-state index in [2.05, 4.69) is 4.98 Å². The number of pyridine rings is 1. The normalized spacial score (nSPS) is 9.64. The maximum Gasteiger partial charge on any atom is 0.272 e. The Morgan fingerprint density at radius 3 is 2.71 bits per heavy atom. The molecule has 0 unspecified atom stereocenters.